The highest BCUT2D eigenvalue weighted by Crippen LogP contribution is 2.13. The molecule has 2 aromatic carbocycles. The SMILES string of the molecule is CCNC(=NCc1cccc(C#N)c1)NCC(C)Oc1cccc(F)c1. The lowest BCUT2D eigenvalue weighted by Crippen LogP contribution is -2.41. The van der Waals surface area contributed by atoms with Crippen molar-refractivity contribution in [3.05, 3.63) is 65.5 Å². The van der Waals surface area contributed by atoms with Gasteiger partial charge in [-0.15, -0.1) is 0 Å². The van der Waals surface area contributed by atoms with Gasteiger partial charge in [-0.05, 0) is 43.7 Å². The Hall–Kier alpha value is -3.07. The normalized spacial score (nSPS) is 12.2. The van der Waals surface area contributed by atoms with Crippen LogP contribution in [0, 0.1) is 17.1 Å². The van der Waals surface area contributed by atoms with E-state index in [1.54, 1.807) is 18.2 Å². The smallest absolute Gasteiger partial charge is 0.191 e. The van der Waals surface area contributed by atoms with Crippen molar-refractivity contribution in [3.8, 4) is 11.8 Å². The molecule has 0 aliphatic rings. The average Bonchev–Trinajstić information content (AvgIpc) is 2.64. The summed E-state index contributed by atoms with van der Waals surface area (Å²) in [5.74, 6) is 0.830. The van der Waals surface area contributed by atoms with E-state index in [1.807, 2.05) is 32.0 Å². The molecule has 2 rings (SSSR count). The zero-order valence-electron chi connectivity index (χ0n) is 15.0. The zero-order chi connectivity index (χ0) is 18.8. The van der Waals surface area contributed by atoms with Crippen LogP contribution in [0.4, 0.5) is 4.39 Å². The van der Waals surface area contributed by atoms with Gasteiger partial charge in [-0.2, -0.15) is 5.26 Å². The summed E-state index contributed by atoms with van der Waals surface area (Å²) in [5.41, 5.74) is 1.58. The minimum absolute atomic E-state index is 0.164. The number of aliphatic imine (C=N–C) groups is 1. The van der Waals surface area contributed by atoms with Crippen LogP contribution in [0.2, 0.25) is 0 Å². The third-order valence-electron chi connectivity index (χ3n) is 3.51. The first kappa shape index (κ1) is 19.3. The predicted molar refractivity (Wildman–Crippen MR) is 100 cm³/mol. The van der Waals surface area contributed by atoms with Crippen LogP contribution in [0.25, 0.3) is 0 Å². The molecule has 0 bridgehead atoms. The Morgan fingerprint density at radius 2 is 2.04 bits per heavy atom. The van der Waals surface area contributed by atoms with Gasteiger partial charge in [0.2, 0.25) is 0 Å². The number of guanidine groups is 1. The fourth-order valence-corrected chi connectivity index (χ4v) is 2.31. The molecule has 1 unspecified atom stereocenters. The Morgan fingerprint density at radius 1 is 1.23 bits per heavy atom. The highest BCUT2D eigenvalue weighted by atomic mass is 19.1. The number of nitrogens with zero attached hydrogens (tertiary/aromatic N) is 2. The number of hydrogen-bond acceptors (Lipinski definition) is 3. The summed E-state index contributed by atoms with van der Waals surface area (Å²) in [7, 11) is 0. The Labute approximate surface area is 153 Å². The molecule has 0 saturated heterocycles. The highest BCUT2D eigenvalue weighted by Gasteiger charge is 2.06. The summed E-state index contributed by atoms with van der Waals surface area (Å²) in [5, 5.41) is 15.3. The fourth-order valence-electron chi connectivity index (χ4n) is 2.31. The Bertz CT molecular complexity index is 785. The second kappa shape index (κ2) is 10.0. The summed E-state index contributed by atoms with van der Waals surface area (Å²) in [6.45, 7) is 5.59. The van der Waals surface area contributed by atoms with Crippen LogP contribution in [-0.2, 0) is 6.54 Å². The van der Waals surface area contributed by atoms with Gasteiger partial charge in [0.05, 0.1) is 24.7 Å². The molecule has 0 aliphatic carbocycles. The molecule has 2 aromatic rings. The molecule has 6 heteroatoms. The highest BCUT2D eigenvalue weighted by molar-refractivity contribution is 5.79. The second-order valence-electron chi connectivity index (χ2n) is 5.77. The van der Waals surface area contributed by atoms with Gasteiger partial charge in [0, 0.05) is 12.6 Å². The van der Waals surface area contributed by atoms with Crippen molar-refractivity contribution in [2.75, 3.05) is 13.1 Å². The lowest BCUT2D eigenvalue weighted by molar-refractivity contribution is 0.223. The van der Waals surface area contributed by atoms with Crippen LogP contribution >= 0.6 is 0 Å². The zero-order valence-corrected chi connectivity index (χ0v) is 15.0. The molecule has 0 aliphatic heterocycles. The van der Waals surface area contributed by atoms with Crippen LogP contribution in [0.15, 0.2) is 53.5 Å². The maximum absolute atomic E-state index is 13.2. The van der Waals surface area contributed by atoms with Crippen LogP contribution in [0.3, 0.4) is 0 Å². The van der Waals surface area contributed by atoms with Crippen LogP contribution in [0.5, 0.6) is 5.75 Å². The van der Waals surface area contributed by atoms with Gasteiger partial charge in [0.25, 0.3) is 0 Å². The Balaban J connectivity index is 1.91. The number of nitriles is 1. The minimum Gasteiger partial charge on any atom is -0.489 e. The molecule has 26 heavy (non-hydrogen) atoms. The van der Waals surface area contributed by atoms with Crippen molar-refractivity contribution in [3.63, 3.8) is 0 Å². The third kappa shape index (κ3) is 6.44. The number of nitrogens with one attached hydrogen (secondary N) is 2. The summed E-state index contributed by atoms with van der Waals surface area (Å²) < 4.78 is 18.9. The van der Waals surface area contributed by atoms with Crippen molar-refractivity contribution in [1.82, 2.24) is 10.6 Å². The molecule has 0 radical (unpaired) electrons. The number of hydrogen-bond donors (Lipinski definition) is 2. The molecular formula is C20H23FN4O. The topological polar surface area (TPSA) is 69.4 Å². The standard InChI is InChI=1S/C20H23FN4O/c1-3-23-20(25-14-17-7-4-6-16(10-17)12-22)24-13-15(2)26-19-9-5-8-18(21)11-19/h4-11,15H,3,13-14H2,1-2H3,(H2,23,24,25). The van der Waals surface area contributed by atoms with E-state index in [4.69, 9.17) is 10.00 Å². The second-order valence-corrected chi connectivity index (χ2v) is 5.77. The van der Waals surface area contributed by atoms with E-state index in [0.29, 0.717) is 30.4 Å². The predicted octanol–water partition coefficient (Wildman–Crippen LogP) is 3.22. The Morgan fingerprint density at radius 3 is 2.77 bits per heavy atom. The van der Waals surface area contributed by atoms with Crippen molar-refractivity contribution >= 4 is 5.96 Å². The van der Waals surface area contributed by atoms with Crippen LogP contribution < -0.4 is 15.4 Å². The van der Waals surface area contributed by atoms with Crippen LogP contribution in [-0.4, -0.2) is 25.2 Å². The van der Waals surface area contributed by atoms with E-state index in [2.05, 4.69) is 21.7 Å². The van der Waals surface area contributed by atoms with Crippen molar-refractivity contribution in [1.29, 1.82) is 5.26 Å². The van der Waals surface area contributed by atoms with E-state index in [-0.39, 0.29) is 11.9 Å². The minimum atomic E-state index is -0.322. The largest absolute Gasteiger partial charge is 0.489 e. The molecule has 5 nitrogen and oxygen atoms in total. The van der Waals surface area contributed by atoms with Crippen molar-refractivity contribution in [2.24, 2.45) is 4.99 Å². The summed E-state index contributed by atoms with van der Waals surface area (Å²) >= 11 is 0. The number of benzene rings is 2. The van der Waals surface area contributed by atoms with E-state index in [0.717, 1.165) is 12.1 Å². The summed E-state index contributed by atoms with van der Waals surface area (Å²) in [6, 6.07) is 15.6. The van der Waals surface area contributed by atoms with E-state index >= 15 is 0 Å². The van der Waals surface area contributed by atoms with Gasteiger partial charge in [0.1, 0.15) is 17.7 Å². The van der Waals surface area contributed by atoms with Gasteiger partial charge in [-0.3, -0.25) is 0 Å². The fraction of sp³-hybridized carbons (Fsp3) is 0.300. The molecule has 0 fully saturated rings. The van der Waals surface area contributed by atoms with Gasteiger partial charge in [-0.1, -0.05) is 18.2 Å². The monoisotopic (exact) mass is 354 g/mol. The molecule has 1 atom stereocenters. The van der Waals surface area contributed by atoms with Crippen molar-refractivity contribution in [2.45, 2.75) is 26.5 Å². The van der Waals surface area contributed by atoms with E-state index in [1.165, 1.54) is 12.1 Å². The maximum atomic E-state index is 13.2. The summed E-state index contributed by atoms with van der Waals surface area (Å²) in [6.07, 6.45) is -0.164. The number of rotatable bonds is 7. The quantitative estimate of drug-likeness (QED) is 0.592. The number of halogens is 1. The third-order valence-corrected chi connectivity index (χ3v) is 3.51. The number of ether oxygens (including phenoxy) is 1. The van der Waals surface area contributed by atoms with Gasteiger partial charge < -0.3 is 15.4 Å². The molecule has 2 N–H and O–H groups in total. The average molecular weight is 354 g/mol. The van der Waals surface area contributed by atoms with Gasteiger partial charge in [0.15, 0.2) is 5.96 Å². The van der Waals surface area contributed by atoms with E-state index in [9.17, 15) is 4.39 Å². The molecule has 0 spiro atoms. The first-order valence-electron chi connectivity index (χ1n) is 8.54. The molecule has 0 heterocycles. The molecule has 0 saturated carbocycles. The first-order chi connectivity index (χ1) is 12.6. The van der Waals surface area contributed by atoms with Crippen LogP contribution in [0.1, 0.15) is 25.0 Å². The molecule has 0 aromatic heterocycles. The van der Waals surface area contributed by atoms with E-state index < -0.39 is 0 Å². The first-order valence-corrected chi connectivity index (χ1v) is 8.54. The molecular weight excluding hydrogens is 331 g/mol. The Kier molecular flexibility index (Phi) is 7.44. The maximum Gasteiger partial charge on any atom is 0.191 e. The molecule has 136 valence electrons. The molecule has 0 amide bonds. The lowest BCUT2D eigenvalue weighted by atomic mass is 10.1. The van der Waals surface area contributed by atoms with Gasteiger partial charge >= 0.3 is 0 Å². The lowest BCUT2D eigenvalue weighted by Gasteiger charge is -2.17. The van der Waals surface area contributed by atoms with Crippen molar-refractivity contribution < 1.29 is 9.13 Å². The van der Waals surface area contributed by atoms with Gasteiger partial charge in [-0.25, -0.2) is 9.38 Å². The summed E-state index contributed by atoms with van der Waals surface area (Å²) in [4.78, 5) is 4.52.